The van der Waals surface area contributed by atoms with E-state index in [-0.39, 0.29) is 67.1 Å². The lowest BCUT2D eigenvalue weighted by Gasteiger charge is -2.16. The van der Waals surface area contributed by atoms with E-state index in [0.717, 1.165) is 98.3 Å². The molecule has 6 aliphatic rings. The molecule has 100 heavy (non-hydrogen) atoms. The first-order chi connectivity index (χ1) is 45.6. The Morgan fingerprint density at radius 1 is 0.550 bits per heavy atom. The number of carbonyl (C=O) groups is 5. The van der Waals surface area contributed by atoms with Gasteiger partial charge in [-0.3, -0.25) is 14.4 Å². The van der Waals surface area contributed by atoms with Gasteiger partial charge in [-0.25, -0.2) is 9.59 Å². The number of nitrogens with two attached hydrogens (primary N) is 2. The van der Waals surface area contributed by atoms with E-state index < -0.39 is 5.97 Å². The number of halogens is 3. The fourth-order valence-electron chi connectivity index (χ4n) is 9.27. The van der Waals surface area contributed by atoms with Crippen LogP contribution in [0.4, 0.5) is 11.4 Å². The number of aromatic carboxylic acids is 1. The van der Waals surface area contributed by atoms with E-state index in [2.05, 4.69) is 46.8 Å². The zero-order valence-corrected chi connectivity index (χ0v) is 59.9. The number of fused-ring (bicyclic) bond motifs is 10. The Balaban J connectivity index is 0.000000399. The molecule has 0 aliphatic carbocycles. The van der Waals surface area contributed by atoms with Gasteiger partial charge < -0.3 is 31.3 Å². The summed E-state index contributed by atoms with van der Waals surface area (Å²) in [5.74, 6) is 3.57. The molecule has 14 rings (SSSR count). The minimum atomic E-state index is -0.940. The fraction of sp³-hybridized carbons (Fsp3) is 0.240. The molecule has 0 radical (unpaired) electrons. The number of hydrogen-bond donors (Lipinski definition) is 5. The average molecular weight is 1580 g/mol. The van der Waals surface area contributed by atoms with Crippen LogP contribution in [0.5, 0.6) is 0 Å². The van der Waals surface area contributed by atoms with Gasteiger partial charge in [0.2, 0.25) is 0 Å². The maximum Gasteiger partial charge on any atom is 0.350 e. The number of anilines is 2. The largest absolute Gasteiger partial charge is 0.477 e. The number of aldehydes is 1. The van der Waals surface area contributed by atoms with E-state index >= 15 is 0 Å². The van der Waals surface area contributed by atoms with E-state index in [0.29, 0.717) is 79.4 Å². The number of oxime groups is 1. The SMILES string of the molecule is C.C.C.C.C.C.CCOC(=O)CS.CCOC(=O)c1sc2c(c1N)CSc1ccccc1-2.N#CC1=C(Cl)c2ccccc2SC1.Nc1c(C(=O)O)sc2c1CSc1ccccc1-2.O/N=C/C1=C(Cl)c2ccccc2SC1.O=C1CCSc2ccccc21.O=CC1=C(Cl)c2ccccc2SC1. The number of hydrogen-bond acceptors (Lipinski definition) is 21. The number of esters is 2. The molecule has 2 aromatic heterocycles. The van der Waals surface area contributed by atoms with Crippen LogP contribution in [0.3, 0.4) is 0 Å². The van der Waals surface area contributed by atoms with Crippen molar-refractivity contribution >= 4 is 203 Å². The van der Waals surface area contributed by atoms with Crippen molar-refractivity contribution in [2.45, 2.75) is 106 Å². The van der Waals surface area contributed by atoms with Gasteiger partial charge in [-0.1, -0.05) is 194 Å². The number of carboxylic acids is 1. The van der Waals surface area contributed by atoms with Crippen molar-refractivity contribution in [3.05, 3.63) is 205 Å². The van der Waals surface area contributed by atoms with Gasteiger partial charge >= 0.3 is 17.9 Å². The predicted molar refractivity (Wildman–Crippen MR) is 439 cm³/mol. The standard InChI is InChI=1S/C14H13NO2S2.C12H9NO2S2.C10H8ClNOS.C10H6ClNS.C10H7ClOS.C9H8OS.C4H8O2S.6CH4/c1-2-17-14(16)13-11(15)9-7-18-10-6-4-3-5-8(10)12(9)19-13;13-9-7-5-16-8-4-2-1-3-6(8)10(7)17-11(9)12(14)15;11-10-7(5-12-13)6-14-9-4-2-1-3-8(9)10;2*11-10-7(5-12)6-13-9-4-2-1-3-8(9)10;10-8-5-6-11-9-4-2-1-3-7(8)9;1-2-6-4(5)3-7;;;;;;/h3-6H,2,7,15H2,1H3;1-4H,5,13H2,(H,14,15);1-5,13H,6H2;1-4H,6H2;1-5H,6H2;1-4H,5-6H2;7H,2-3H2,1H3;6*1H4/b;;12-5+;;;;;;;;;;. The van der Waals surface area contributed by atoms with Crippen LogP contribution in [0.2, 0.25) is 0 Å². The Bertz CT molecular complexity index is 4300. The van der Waals surface area contributed by atoms with Crippen LogP contribution in [0, 0.1) is 11.3 Å². The van der Waals surface area contributed by atoms with Crippen molar-refractivity contribution in [2.24, 2.45) is 5.16 Å². The highest BCUT2D eigenvalue weighted by Gasteiger charge is 2.29. The summed E-state index contributed by atoms with van der Waals surface area (Å²) in [6.45, 7) is 4.37. The molecule has 0 bridgehead atoms. The number of nitriles is 1. The number of thiophene rings is 2. The van der Waals surface area contributed by atoms with Gasteiger partial charge in [-0.15, -0.1) is 93.2 Å². The first-order valence-electron chi connectivity index (χ1n) is 28.6. The minimum Gasteiger partial charge on any atom is -0.477 e. The molecule has 0 unspecified atom stereocenters. The van der Waals surface area contributed by atoms with Gasteiger partial charge in [0.15, 0.2) is 5.78 Å². The second-order valence-corrected chi connectivity index (χ2v) is 29.4. The lowest BCUT2D eigenvalue weighted by molar-refractivity contribution is -0.139. The highest BCUT2D eigenvalue weighted by atomic mass is 35.5. The molecule has 0 fully saturated rings. The van der Waals surface area contributed by atoms with E-state index in [1.807, 2.05) is 127 Å². The van der Waals surface area contributed by atoms with Crippen LogP contribution in [0.25, 0.3) is 36.0 Å². The molecule has 25 heteroatoms. The summed E-state index contributed by atoms with van der Waals surface area (Å²) < 4.78 is 9.53. The molecule has 6 aliphatic heterocycles. The quantitative estimate of drug-likeness (QED) is 0.0249. The van der Waals surface area contributed by atoms with Crippen LogP contribution in [0.15, 0.2) is 197 Å². The lowest BCUT2D eigenvalue weighted by atomic mass is 10.1. The van der Waals surface area contributed by atoms with Crippen molar-refractivity contribution in [1.82, 2.24) is 0 Å². The van der Waals surface area contributed by atoms with Gasteiger partial charge in [0, 0.05) is 136 Å². The van der Waals surface area contributed by atoms with Crippen LogP contribution >= 0.6 is 141 Å². The molecule has 6 N–H and O–H groups in total. The molecule has 13 nitrogen and oxygen atoms in total. The lowest BCUT2D eigenvalue weighted by Crippen LogP contribution is -2.07. The Labute approximate surface area is 643 Å². The van der Waals surface area contributed by atoms with E-state index in [1.54, 1.807) is 84.4 Å². The number of thioether (sulfide) groups is 6. The Morgan fingerprint density at radius 2 is 0.920 bits per heavy atom. The number of nitrogens with zero attached hydrogens (tertiary/aromatic N) is 2. The summed E-state index contributed by atoms with van der Waals surface area (Å²) in [5, 5.41) is 31.2. The molecule has 0 atom stereocenters. The zero-order chi connectivity index (χ0) is 67.3. The van der Waals surface area contributed by atoms with Crippen molar-refractivity contribution in [3.8, 4) is 27.0 Å². The monoisotopic (exact) mass is 1580 g/mol. The van der Waals surface area contributed by atoms with E-state index in [9.17, 15) is 24.0 Å². The highest BCUT2D eigenvalue weighted by molar-refractivity contribution is 8.00. The smallest absolute Gasteiger partial charge is 0.350 e. The van der Waals surface area contributed by atoms with Gasteiger partial charge in [0.25, 0.3) is 0 Å². The van der Waals surface area contributed by atoms with Gasteiger partial charge in [0.05, 0.1) is 63.3 Å². The van der Waals surface area contributed by atoms with Crippen LogP contribution in [-0.4, -0.2) is 88.5 Å². The van der Waals surface area contributed by atoms with Crippen LogP contribution in [0.1, 0.15) is 122 Å². The number of ether oxygens (including phenoxy) is 2. The number of thiol groups is 1. The topological polar surface area (TPSA) is 232 Å². The maximum absolute atomic E-state index is 11.9. The van der Waals surface area contributed by atoms with Crippen LogP contribution < -0.4 is 11.5 Å². The summed E-state index contributed by atoms with van der Waals surface area (Å²) >= 11 is 34.9. The molecule has 532 valence electrons. The Kier molecular flexibility index (Phi) is 40.2. The number of benzene rings is 6. The van der Waals surface area contributed by atoms with Gasteiger partial charge in [-0.05, 0) is 50.2 Å². The maximum atomic E-state index is 11.9. The van der Waals surface area contributed by atoms with Gasteiger partial charge in [0.1, 0.15) is 16.0 Å². The zero-order valence-electron chi connectivity index (χ0n) is 50.2. The van der Waals surface area contributed by atoms with Crippen molar-refractivity contribution in [1.29, 1.82) is 5.26 Å². The number of carboxylic acid groups (broad SMARTS) is 1. The summed E-state index contributed by atoms with van der Waals surface area (Å²) in [5.41, 5.74) is 23.4. The molecule has 8 heterocycles. The first-order valence-corrected chi connectivity index (χ1v) is 37.9. The second kappa shape index (κ2) is 44.8. The summed E-state index contributed by atoms with van der Waals surface area (Å²) in [7, 11) is 0. The molecule has 0 amide bonds. The highest BCUT2D eigenvalue weighted by Crippen LogP contribution is 2.51. The Hall–Kier alpha value is -6.43. The normalized spacial score (nSPS) is 13.2. The number of carbonyl (C=O) groups excluding carboxylic acids is 4. The molecule has 0 saturated heterocycles. The summed E-state index contributed by atoms with van der Waals surface area (Å²) in [6.07, 6.45) is 2.93. The molecule has 6 aromatic carbocycles. The number of ketones is 1. The third kappa shape index (κ3) is 22.8. The van der Waals surface area contributed by atoms with E-state index in [1.165, 1.54) is 49.1 Å². The average Bonchev–Trinajstić information content (AvgIpc) is 1.62. The van der Waals surface area contributed by atoms with Gasteiger partial charge in [-0.2, -0.15) is 17.9 Å². The second-order valence-electron chi connectivity index (χ2n) is 19.7. The summed E-state index contributed by atoms with van der Waals surface area (Å²) in [4.78, 5) is 64.9. The number of Topliss-reactive ketones (excluding diaryl/α,β-unsaturated/α-hetero) is 1. The molecule has 8 aromatic rings. The van der Waals surface area contributed by atoms with Crippen molar-refractivity contribution < 1.29 is 43.8 Å². The summed E-state index contributed by atoms with van der Waals surface area (Å²) in [6, 6.07) is 49.8. The Morgan fingerprint density at radius 3 is 1.33 bits per heavy atom. The third-order valence-corrected chi connectivity index (χ3v) is 24.5. The van der Waals surface area contributed by atoms with E-state index in [4.69, 9.17) is 66.6 Å². The number of rotatable bonds is 7. The minimum absolute atomic E-state index is 0. The molecular weight excluding hydrogens is 1500 g/mol. The fourth-order valence-corrected chi connectivity index (χ4v) is 19.5. The van der Waals surface area contributed by atoms with Crippen molar-refractivity contribution in [2.75, 3.05) is 53.4 Å². The molecular formula is C75H83Cl3N4O9S9. The molecule has 0 spiro atoms. The van der Waals surface area contributed by atoms with Crippen LogP contribution in [-0.2, 0) is 30.6 Å². The molecule has 0 saturated carbocycles. The number of nitrogen functional groups attached to an aromatic ring is 2. The predicted octanol–water partition coefficient (Wildman–Crippen LogP) is 23.2. The van der Waals surface area contributed by atoms with Crippen molar-refractivity contribution in [3.63, 3.8) is 0 Å². The first kappa shape index (κ1) is 89.7. The third-order valence-electron chi connectivity index (χ3n) is 13.8.